The number of nitrogens with one attached hydrogen (secondary N) is 1. The third kappa shape index (κ3) is 3.20. The number of benzene rings is 1. The molecule has 3 heterocycles. The zero-order chi connectivity index (χ0) is 18.1. The van der Waals surface area contributed by atoms with E-state index in [2.05, 4.69) is 35.9 Å². The van der Waals surface area contributed by atoms with Crippen molar-refractivity contribution in [3.63, 3.8) is 0 Å². The molecule has 0 saturated carbocycles. The summed E-state index contributed by atoms with van der Waals surface area (Å²) in [5, 5.41) is 9.30. The van der Waals surface area contributed by atoms with Gasteiger partial charge >= 0.3 is 6.09 Å². The number of rotatable bonds is 3. The molecule has 0 bridgehead atoms. The zero-order valence-corrected chi connectivity index (χ0v) is 15.3. The lowest BCUT2D eigenvalue weighted by molar-refractivity contribution is 0.139. The van der Waals surface area contributed by atoms with E-state index < -0.39 is 6.09 Å². The molecule has 1 saturated heterocycles. The van der Waals surface area contributed by atoms with Gasteiger partial charge < -0.3 is 10.1 Å². The van der Waals surface area contributed by atoms with E-state index in [-0.39, 0.29) is 6.04 Å². The Morgan fingerprint density at radius 3 is 2.58 bits per heavy atom. The molecule has 1 aliphatic rings. The topological polar surface area (TPSA) is 95.0 Å². The molecule has 0 spiro atoms. The lowest BCUT2D eigenvalue weighted by Crippen LogP contribution is -2.29. The smallest absolute Gasteiger partial charge is 0.407 e. The Labute approximate surface area is 158 Å². The number of carbonyl (C=O) groups is 1. The molecule has 7 nitrogen and oxygen atoms in total. The van der Waals surface area contributed by atoms with Gasteiger partial charge in [-0.05, 0) is 34.3 Å². The van der Waals surface area contributed by atoms with Crippen molar-refractivity contribution in [2.24, 2.45) is 0 Å². The first kappa shape index (κ1) is 16.7. The summed E-state index contributed by atoms with van der Waals surface area (Å²) in [6.45, 7) is 0.555. The van der Waals surface area contributed by atoms with Crippen LogP contribution in [0.1, 0.15) is 24.7 Å². The minimum atomic E-state index is -0.898. The number of likely N-dealkylation sites (tertiary alicyclic amines) is 1. The summed E-state index contributed by atoms with van der Waals surface area (Å²) in [6.07, 6.45) is 5.89. The number of nitrogens with zero attached hydrogens (tertiary/aromatic N) is 4. The van der Waals surface area contributed by atoms with Crippen LogP contribution in [0.25, 0.3) is 22.5 Å². The molecule has 1 aromatic carbocycles. The Morgan fingerprint density at radius 1 is 1.12 bits per heavy atom. The zero-order valence-electron chi connectivity index (χ0n) is 13.8. The summed E-state index contributed by atoms with van der Waals surface area (Å²) in [4.78, 5) is 29.0. The van der Waals surface area contributed by atoms with Crippen molar-refractivity contribution in [3.8, 4) is 22.5 Å². The number of halogens is 1. The maximum absolute atomic E-state index is 11.3. The van der Waals surface area contributed by atoms with Gasteiger partial charge in [0.15, 0.2) is 0 Å². The van der Waals surface area contributed by atoms with Crippen LogP contribution >= 0.6 is 15.9 Å². The monoisotopic (exact) mass is 413 g/mol. The first-order valence-electron chi connectivity index (χ1n) is 8.24. The maximum Gasteiger partial charge on any atom is 0.407 e. The number of imidazole rings is 1. The second-order valence-corrected chi connectivity index (χ2v) is 6.93. The molecule has 0 aliphatic carbocycles. The highest BCUT2D eigenvalue weighted by molar-refractivity contribution is 9.10. The van der Waals surface area contributed by atoms with E-state index in [0.717, 1.165) is 35.4 Å². The van der Waals surface area contributed by atoms with Crippen LogP contribution in [0.2, 0.25) is 0 Å². The van der Waals surface area contributed by atoms with E-state index in [4.69, 9.17) is 0 Å². The molecule has 3 aromatic rings. The molecule has 0 radical (unpaired) electrons. The number of hydrogen-bond acceptors (Lipinski definition) is 4. The second-order valence-electron chi connectivity index (χ2n) is 6.12. The molecule has 26 heavy (non-hydrogen) atoms. The van der Waals surface area contributed by atoms with Gasteiger partial charge in [-0.3, -0.25) is 9.88 Å². The van der Waals surface area contributed by atoms with Gasteiger partial charge in [0.05, 0.1) is 36.0 Å². The summed E-state index contributed by atoms with van der Waals surface area (Å²) < 4.78 is 0.699. The molecular formula is C18H16BrN5O2. The highest BCUT2D eigenvalue weighted by Gasteiger charge is 2.31. The SMILES string of the molecule is O=C(O)N1CCC[C@H]1c1ncc(-c2ccc(-c3cnc(Br)cn3)cc2)[nH]1. The van der Waals surface area contributed by atoms with Gasteiger partial charge in [0, 0.05) is 12.1 Å². The summed E-state index contributed by atoms with van der Waals surface area (Å²) >= 11 is 3.28. The molecule has 2 aromatic heterocycles. The molecule has 1 fully saturated rings. The van der Waals surface area contributed by atoms with Crippen molar-refractivity contribution < 1.29 is 9.90 Å². The molecule has 1 amide bonds. The predicted octanol–water partition coefficient (Wildman–Crippen LogP) is 4.11. The Balaban J connectivity index is 1.56. The fourth-order valence-corrected chi connectivity index (χ4v) is 3.42. The molecule has 8 heteroatoms. The number of H-pyrrole nitrogens is 1. The van der Waals surface area contributed by atoms with Crippen LogP contribution in [0.4, 0.5) is 4.79 Å². The average molecular weight is 414 g/mol. The van der Waals surface area contributed by atoms with Gasteiger partial charge in [0.2, 0.25) is 0 Å². The fourth-order valence-electron chi connectivity index (χ4n) is 3.21. The van der Waals surface area contributed by atoms with Crippen LogP contribution in [0.15, 0.2) is 47.5 Å². The Bertz CT molecular complexity index is 924. The van der Waals surface area contributed by atoms with Crippen molar-refractivity contribution >= 4 is 22.0 Å². The summed E-state index contributed by atoms with van der Waals surface area (Å²) in [5.41, 5.74) is 3.62. The molecule has 4 rings (SSSR count). The fraction of sp³-hybridized carbons (Fsp3) is 0.222. The average Bonchev–Trinajstić information content (AvgIpc) is 3.32. The van der Waals surface area contributed by atoms with Crippen molar-refractivity contribution in [2.45, 2.75) is 18.9 Å². The summed E-state index contributed by atoms with van der Waals surface area (Å²) in [5.74, 6) is 0.697. The minimum absolute atomic E-state index is 0.196. The van der Waals surface area contributed by atoms with Crippen molar-refractivity contribution in [3.05, 3.63) is 53.3 Å². The van der Waals surface area contributed by atoms with E-state index in [9.17, 15) is 9.90 Å². The lowest BCUT2D eigenvalue weighted by Gasteiger charge is -2.19. The summed E-state index contributed by atoms with van der Waals surface area (Å²) in [6, 6.07) is 7.73. The number of aromatic nitrogens is 4. The quantitative estimate of drug-likeness (QED) is 0.673. The second kappa shape index (κ2) is 6.87. The molecule has 132 valence electrons. The van der Waals surface area contributed by atoms with E-state index in [1.165, 1.54) is 4.90 Å². The van der Waals surface area contributed by atoms with Crippen LogP contribution in [0.3, 0.4) is 0 Å². The van der Waals surface area contributed by atoms with E-state index in [0.29, 0.717) is 17.0 Å². The van der Waals surface area contributed by atoms with Crippen LogP contribution in [-0.2, 0) is 0 Å². The number of hydrogen-bond donors (Lipinski definition) is 2. The van der Waals surface area contributed by atoms with Gasteiger partial charge in [-0.25, -0.2) is 14.8 Å². The largest absolute Gasteiger partial charge is 0.465 e. The first-order valence-corrected chi connectivity index (χ1v) is 9.04. The van der Waals surface area contributed by atoms with Crippen LogP contribution in [0, 0.1) is 0 Å². The standard InChI is InChI=1S/C18H16BrN5O2/c19-16-10-20-13(8-21-16)11-3-5-12(6-4-11)14-9-22-17(23-14)15-2-1-7-24(15)18(25)26/h3-6,8-10,15H,1-2,7H2,(H,22,23)(H,25,26)/t15-/m0/s1. The predicted molar refractivity (Wildman–Crippen MR) is 99.5 cm³/mol. The van der Waals surface area contributed by atoms with Crippen molar-refractivity contribution in [1.29, 1.82) is 0 Å². The number of aromatic amines is 1. The third-order valence-electron chi connectivity index (χ3n) is 4.52. The Hall–Kier alpha value is -2.74. The van der Waals surface area contributed by atoms with Gasteiger partial charge in [0.1, 0.15) is 10.4 Å². The van der Waals surface area contributed by atoms with E-state index in [1.807, 2.05) is 24.3 Å². The third-order valence-corrected chi connectivity index (χ3v) is 4.93. The van der Waals surface area contributed by atoms with Gasteiger partial charge in [-0.15, -0.1) is 0 Å². The molecule has 2 N–H and O–H groups in total. The maximum atomic E-state index is 11.3. The van der Waals surface area contributed by atoms with Gasteiger partial charge in [-0.2, -0.15) is 0 Å². The van der Waals surface area contributed by atoms with Crippen LogP contribution in [-0.4, -0.2) is 42.6 Å². The normalized spacial score (nSPS) is 16.8. The highest BCUT2D eigenvalue weighted by Crippen LogP contribution is 2.31. The highest BCUT2D eigenvalue weighted by atomic mass is 79.9. The van der Waals surface area contributed by atoms with E-state index >= 15 is 0 Å². The van der Waals surface area contributed by atoms with Crippen LogP contribution < -0.4 is 0 Å². The van der Waals surface area contributed by atoms with Gasteiger partial charge in [-0.1, -0.05) is 24.3 Å². The molecule has 0 unspecified atom stereocenters. The van der Waals surface area contributed by atoms with Crippen molar-refractivity contribution in [2.75, 3.05) is 6.54 Å². The molecule has 1 atom stereocenters. The molecular weight excluding hydrogens is 398 g/mol. The summed E-state index contributed by atoms with van der Waals surface area (Å²) in [7, 11) is 0. The van der Waals surface area contributed by atoms with Crippen LogP contribution in [0.5, 0.6) is 0 Å². The Kier molecular flexibility index (Phi) is 4.42. The number of carboxylic acid groups (broad SMARTS) is 1. The lowest BCUT2D eigenvalue weighted by atomic mass is 10.1. The van der Waals surface area contributed by atoms with Gasteiger partial charge in [0.25, 0.3) is 0 Å². The Morgan fingerprint density at radius 2 is 1.88 bits per heavy atom. The molecule has 1 aliphatic heterocycles. The minimum Gasteiger partial charge on any atom is -0.465 e. The van der Waals surface area contributed by atoms with E-state index in [1.54, 1.807) is 18.6 Å². The van der Waals surface area contributed by atoms with Crippen molar-refractivity contribution in [1.82, 2.24) is 24.8 Å². The number of amides is 1. The first-order chi connectivity index (χ1) is 12.6.